The topological polar surface area (TPSA) is 91.9 Å². The van der Waals surface area contributed by atoms with Gasteiger partial charge < -0.3 is 20.4 Å². The molecule has 0 atom stereocenters. The predicted molar refractivity (Wildman–Crippen MR) is 114 cm³/mol. The number of carbonyl (C=O) groups excluding carboxylic acids is 1. The Morgan fingerprint density at radius 3 is 2.83 bits per heavy atom. The molecular weight excluding hydrogens is 366 g/mol. The molecule has 2 aromatic heterocycles. The maximum Gasteiger partial charge on any atom is 0.339 e. The first-order valence-corrected chi connectivity index (χ1v) is 9.31. The molecule has 146 valence electrons. The van der Waals surface area contributed by atoms with Gasteiger partial charge in [-0.25, -0.2) is 9.78 Å². The van der Waals surface area contributed by atoms with Crippen molar-refractivity contribution in [2.75, 3.05) is 24.3 Å². The lowest BCUT2D eigenvalue weighted by Crippen LogP contribution is -2.09. The first kappa shape index (κ1) is 18.5. The van der Waals surface area contributed by atoms with E-state index in [0.717, 1.165) is 11.9 Å². The van der Waals surface area contributed by atoms with Crippen LogP contribution in [0.25, 0.3) is 10.9 Å². The highest BCUT2D eigenvalue weighted by molar-refractivity contribution is 5.96. The van der Waals surface area contributed by atoms with Gasteiger partial charge in [-0.1, -0.05) is 30.3 Å². The fourth-order valence-electron chi connectivity index (χ4n) is 3.18. The number of rotatable bonds is 7. The van der Waals surface area contributed by atoms with Crippen LogP contribution in [0.4, 0.5) is 17.5 Å². The van der Waals surface area contributed by atoms with E-state index in [1.807, 2.05) is 24.4 Å². The third kappa shape index (κ3) is 4.19. The molecule has 29 heavy (non-hydrogen) atoms. The average molecular weight is 387 g/mol. The lowest BCUT2D eigenvalue weighted by Gasteiger charge is -2.11. The van der Waals surface area contributed by atoms with Crippen molar-refractivity contribution < 1.29 is 9.53 Å². The summed E-state index contributed by atoms with van der Waals surface area (Å²) < 4.78 is 4.83. The molecule has 0 saturated heterocycles. The highest BCUT2D eigenvalue weighted by atomic mass is 16.5. The molecule has 0 spiro atoms. The number of aromatic amines is 1. The molecule has 0 fully saturated rings. The quantitative estimate of drug-likeness (QED) is 0.413. The van der Waals surface area contributed by atoms with Crippen molar-refractivity contribution in [2.24, 2.45) is 0 Å². The van der Waals surface area contributed by atoms with Crippen molar-refractivity contribution >= 4 is 34.3 Å². The molecule has 4 aromatic rings. The number of aromatic nitrogens is 3. The maximum atomic E-state index is 11.9. The summed E-state index contributed by atoms with van der Waals surface area (Å²) in [5, 5.41) is 7.64. The Morgan fingerprint density at radius 2 is 1.93 bits per heavy atom. The van der Waals surface area contributed by atoms with E-state index in [2.05, 4.69) is 37.7 Å². The second-order valence-corrected chi connectivity index (χ2v) is 6.46. The molecule has 2 heterocycles. The minimum absolute atomic E-state index is 0.403. The zero-order valence-electron chi connectivity index (χ0n) is 16.0. The van der Waals surface area contributed by atoms with Crippen LogP contribution in [-0.2, 0) is 11.2 Å². The highest BCUT2D eigenvalue weighted by Crippen LogP contribution is 2.21. The Balaban J connectivity index is 1.42. The van der Waals surface area contributed by atoms with Crippen molar-refractivity contribution in [3.8, 4) is 0 Å². The molecule has 0 aliphatic carbocycles. The molecule has 0 unspecified atom stereocenters. The predicted octanol–water partition coefficient (Wildman–Crippen LogP) is 4.14. The summed E-state index contributed by atoms with van der Waals surface area (Å²) in [5.74, 6) is 0.704. The molecule has 7 heteroatoms. The third-order valence-electron chi connectivity index (χ3n) is 4.60. The second-order valence-electron chi connectivity index (χ2n) is 6.46. The molecule has 3 N–H and O–H groups in total. The number of benzene rings is 2. The molecule has 2 aromatic carbocycles. The molecule has 0 aliphatic heterocycles. The van der Waals surface area contributed by atoms with Gasteiger partial charge in [0.1, 0.15) is 5.82 Å². The van der Waals surface area contributed by atoms with Gasteiger partial charge in [0.2, 0.25) is 5.95 Å². The fraction of sp³-hybridized carbons (Fsp3) is 0.136. The van der Waals surface area contributed by atoms with Gasteiger partial charge in [0.05, 0.1) is 18.4 Å². The summed E-state index contributed by atoms with van der Waals surface area (Å²) in [6, 6.07) is 17.1. The minimum Gasteiger partial charge on any atom is -0.465 e. The maximum absolute atomic E-state index is 11.9. The first-order chi connectivity index (χ1) is 14.2. The number of esters is 1. The van der Waals surface area contributed by atoms with E-state index in [1.165, 1.54) is 18.1 Å². The van der Waals surface area contributed by atoms with Crippen molar-refractivity contribution in [3.63, 3.8) is 0 Å². The monoisotopic (exact) mass is 387 g/mol. The number of nitrogens with one attached hydrogen (secondary N) is 3. The number of carbonyl (C=O) groups is 1. The lowest BCUT2D eigenvalue weighted by atomic mass is 10.1. The Morgan fingerprint density at radius 1 is 1.10 bits per heavy atom. The van der Waals surface area contributed by atoms with Crippen molar-refractivity contribution in [1.82, 2.24) is 15.0 Å². The van der Waals surface area contributed by atoms with Crippen molar-refractivity contribution in [2.45, 2.75) is 6.42 Å². The molecular formula is C22H21N5O2. The van der Waals surface area contributed by atoms with Crippen LogP contribution < -0.4 is 10.6 Å². The number of nitrogens with zero attached hydrogens (tertiary/aromatic N) is 2. The van der Waals surface area contributed by atoms with E-state index in [0.29, 0.717) is 29.6 Å². The van der Waals surface area contributed by atoms with Crippen LogP contribution in [0.5, 0.6) is 0 Å². The van der Waals surface area contributed by atoms with Gasteiger partial charge in [-0.15, -0.1) is 0 Å². The SMILES string of the molecule is COC(=O)c1ccccc1Nc1ccnc(NCCc2c[nH]c3ccccc23)n1. The number of ether oxygens (including phenoxy) is 1. The molecule has 0 bridgehead atoms. The van der Waals surface area contributed by atoms with E-state index in [1.54, 1.807) is 30.5 Å². The smallest absolute Gasteiger partial charge is 0.339 e. The Kier molecular flexibility index (Phi) is 5.38. The van der Waals surface area contributed by atoms with Crippen molar-refractivity contribution in [3.05, 3.63) is 78.1 Å². The standard InChI is InChI=1S/C22H21N5O2/c1-29-21(28)17-7-3-5-9-19(17)26-20-11-13-24-22(27-20)23-12-10-15-14-25-18-8-4-2-6-16(15)18/h2-9,11,13-14,25H,10,12H2,1H3,(H2,23,24,26,27). The molecule has 4 rings (SSSR count). The largest absolute Gasteiger partial charge is 0.465 e. The van der Waals surface area contributed by atoms with Crippen LogP contribution >= 0.6 is 0 Å². The number of fused-ring (bicyclic) bond motifs is 1. The Hall–Kier alpha value is -3.87. The number of hydrogen-bond donors (Lipinski definition) is 3. The number of para-hydroxylation sites is 2. The number of hydrogen-bond acceptors (Lipinski definition) is 6. The fourth-order valence-corrected chi connectivity index (χ4v) is 3.18. The van der Waals surface area contributed by atoms with Gasteiger partial charge in [-0.2, -0.15) is 4.98 Å². The van der Waals surface area contributed by atoms with E-state index in [4.69, 9.17) is 4.74 Å². The van der Waals surface area contributed by atoms with E-state index >= 15 is 0 Å². The van der Waals surface area contributed by atoms with Crippen LogP contribution in [0.3, 0.4) is 0 Å². The van der Waals surface area contributed by atoms with Crippen molar-refractivity contribution in [1.29, 1.82) is 0 Å². The summed E-state index contributed by atoms with van der Waals surface area (Å²) >= 11 is 0. The number of anilines is 3. The minimum atomic E-state index is -0.403. The van der Waals surface area contributed by atoms with Gasteiger partial charge in [0, 0.05) is 29.8 Å². The van der Waals surface area contributed by atoms with Gasteiger partial charge in [-0.3, -0.25) is 0 Å². The molecule has 7 nitrogen and oxygen atoms in total. The lowest BCUT2D eigenvalue weighted by molar-refractivity contribution is 0.0602. The third-order valence-corrected chi connectivity index (χ3v) is 4.60. The number of H-pyrrole nitrogens is 1. The van der Waals surface area contributed by atoms with Gasteiger partial charge >= 0.3 is 5.97 Å². The average Bonchev–Trinajstić information content (AvgIpc) is 3.17. The summed E-state index contributed by atoms with van der Waals surface area (Å²) in [6.07, 6.45) is 4.55. The summed E-state index contributed by atoms with van der Waals surface area (Å²) in [5.41, 5.74) is 3.45. The van der Waals surface area contributed by atoms with Crippen LogP contribution in [0, 0.1) is 0 Å². The summed E-state index contributed by atoms with van der Waals surface area (Å²) in [6.45, 7) is 0.698. The van der Waals surface area contributed by atoms with E-state index in [9.17, 15) is 4.79 Å². The second kappa shape index (κ2) is 8.43. The van der Waals surface area contributed by atoms with Gasteiger partial charge in [-0.05, 0) is 36.2 Å². The van der Waals surface area contributed by atoms with E-state index < -0.39 is 5.97 Å². The highest BCUT2D eigenvalue weighted by Gasteiger charge is 2.11. The number of methoxy groups -OCH3 is 1. The van der Waals surface area contributed by atoms with Gasteiger partial charge in [0.25, 0.3) is 0 Å². The molecule has 0 radical (unpaired) electrons. The van der Waals surface area contributed by atoms with Crippen LogP contribution in [0.1, 0.15) is 15.9 Å². The van der Waals surface area contributed by atoms with Gasteiger partial charge in [0.15, 0.2) is 0 Å². The van der Waals surface area contributed by atoms with Crippen LogP contribution in [0.2, 0.25) is 0 Å². The van der Waals surface area contributed by atoms with E-state index in [-0.39, 0.29) is 0 Å². The first-order valence-electron chi connectivity index (χ1n) is 9.31. The zero-order chi connectivity index (χ0) is 20.1. The Labute approximate surface area is 168 Å². The zero-order valence-corrected chi connectivity index (χ0v) is 16.0. The normalized spacial score (nSPS) is 10.7. The van der Waals surface area contributed by atoms with Crippen LogP contribution in [-0.4, -0.2) is 34.6 Å². The Bertz CT molecular complexity index is 1140. The molecule has 0 aliphatic rings. The summed E-state index contributed by atoms with van der Waals surface area (Å²) in [4.78, 5) is 24.0. The molecule has 0 saturated carbocycles. The molecule has 0 amide bonds. The van der Waals surface area contributed by atoms with Crippen LogP contribution in [0.15, 0.2) is 67.0 Å². The summed E-state index contributed by atoms with van der Waals surface area (Å²) in [7, 11) is 1.36.